The van der Waals surface area contributed by atoms with Crippen molar-refractivity contribution < 1.29 is 19.0 Å². The molecule has 0 amide bonds. The first-order valence-corrected chi connectivity index (χ1v) is 9.57. The van der Waals surface area contributed by atoms with Crippen molar-refractivity contribution in [2.45, 2.75) is 13.5 Å². The van der Waals surface area contributed by atoms with E-state index in [0.29, 0.717) is 37.0 Å². The van der Waals surface area contributed by atoms with Gasteiger partial charge in [0.2, 0.25) is 5.78 Å². The van der Waals surface area contributed by atoms with Gasteiger partial charge in [0.1, 0.15) is 18.2 Å². The van der Waals surface area contributed by atoms with Crippen LogP contribution in [0.5, 0.6) is 11.5 Å². The second kappa shape index (κ2) is 7.46. The van der Waals surface area contributed by atoms with Crippen LogP contribution in [-0.4, -0.2) is 37.7 Å². The number of hydrogen-bond donors (Lipinski definition) is 0. The molecule has 2 aliphatic heterocycles. The van der Waals surface area contributed by atoms with E-state index >= 15 is 0 Å². The summed E-state index contributed by atoms with van der Waals surface area (Å²) in [6.45, 7) is 4.47. The standard InChI is InChI=1S/C21H20BrNO4/c1-13-9-17-15(11-23(12-26-17)7-8-25-2)21-19(13)20(24)18(27-21)10-14-5-3-4-6-16(14)22/h3-6,9-10H,7-8,11-12H2,1-2H3/b18-10-. The van der Waals surface area contributed by atoms with E-state index < -0.39 is 0 Å². The quantitative estimate of drug-likeness (QED) is 0.682. The number of aryl methyl sites for hydroxylation is 1. The Bertz CT molecular complexity index is 938. The lowest BCUT2D eigenvalue weighted by Crippen LogP contribution is -2.34. The second-order valence-corrected chi connectivity index (χ2v) is 7.51. The van der Waals surface area contributed by atoms with Crippen molar-refractivity contribution >= 4 is 27.8 Å². The predicted molar refractivity (Wildman–Crippen MR) is 106 cm³/mol. The molecule has 4 rings (SSSR count). The van der Waals surface area contributed by atoms with Crippen molar-refractivity contribution in [1.82, 2.24) is 4.90 Å². The van der Waals surface area contributed by atoms with Gasteiger partial charge in [-0.25, -0.2) is 0 Å². The van der Waals surface area contributed by atoms with Crippen molar-refractivity contribution in [2.24, 2.45) is 0 Å². The van der Waals surface area contributed by atoms with E-state index in [1.807, 2.05) is 37.3 Å². The topological polar surface area (TPSA) is 48.0 Å². The van der Waals surface area contributed by atoms with Gasteiger partial charge in [0.25, 0.3) is 0 Å². The van der Waals surface area contributed by atoms with E-state index in [9.17, 15) is 4.79 Å². The molecule has 2 aromatic rings. The van der Waals surface area contributed by atoms with Crippen LogP contribution in [0, 0.1) is 6.92 Å². The molecule has 0 bridgehead atoms. The summed E-state index contributed by atoms with van der Waals surface area (Å²) in [4.78, 5) is 15.1. The molecule has 2 aromatic carbocycles. The molecule has 2 aliphatic rings. The van der Waals surface area contributed by atoms with Gasteiger partial charge in [-0.05, 0) is 36.3 Å². The Balaban J connectivity index is 1.71. The van der Waals surface area contributed by atoms with Crippen molar-refractivity contribution in [3.8, 4) is 11.5 Å². The molecule has 2 heterocycles. The fourth-order valence-corrected chi connectivity index (χ4v) is 3.77. The zero-order valence-electron chi connectivity index (χ0n) is 15.3. The lowest BCUT2D eigenvalue weighted by Gasteiger charge is -2.29. The fraction of sp³-hybridized carbons (Fsp3) is 0.286. The maximum Gasteiger partial charge on any atom is 0.232 e. The first-order valence-electron chi connectivity index (χ1n) is 8.78. The number of ketones is 1. The normalized spacial score (nSPS) is 17.4. The molecule has 6 heteroatoms. The number of allylic oxidation sites excluding steroid dienone is 1. The molecule has 5 nitrogen and oxygen atoms in total. The van der Waals surface area contributed by atoms with Crippen LogP contribution in [0.4, 0.5) is 0 Å². The van der Waals surface area contributed by atoms with Gasteiger partial charge in [0.15, 0.2) is 5.76 Å². The molecule has 0 radical (unpaired) electrons. The van der Waals surface area contributed by atoms with Gasteiger partial charge in [0, 0.05) is 24.7 Å². The van der Waals surface area contributed by atoms with E-state index in [1.54, 1.807) is 13.2 Å². The lowest BCUT2D eigenvalue weighted by molar-refractivity contribution is 0.0646. The summed E-state index contributed by atoms with van der Waals surface area (Å²) in [5.41, 5.74) is 3.32. The van der Waals surface area contributed by atoms with Crippen LogP contribution in [0.1, 0.15) is 27.0 Å². The zero-order valence-corrected chi connectivity index (χ0v) is 16.8. The fourth-order valence-electron chi connectivity index (χ4n) is 3.37. The van der Waals surface area contributed by atoms with Crippen LogP contribution in [0.25, 0.3) is 6.08 Å². The highest BCUT2D eigenvalue weighted by molar-refractivity contribution is 9.10. The summed E-state index contributed by atoms with van der Waals surface area (Å²) in [5, 5.41) is 0. The number of Topliss-reactive ketones (excluding diaryl/α,β-unsaturated/α-hetero) is 1. The third-order valence-electron chi connectivity index (χ3n) is 4.79. The number of carbonyl (C=O) groups is 1. The highest BCUT2D eigenvalue weighted by Crippen LogP contribution is 2.44. The molecule has 0 N–H and O–H groups in total. The number of ether oxygens (including phenoxy) is 3. The summed E-state index contributed by atoms with van der Waals surface area (Å²) < 4.78 is 18.0. The maximum absolute atomic E-state index is 13.0. The molecule has 140 valence electrons. The van der Waals surface area contributed by atoms with Gasteiger partial charge in [-0.15, -0.1) is 0 Å². The Kier molecular flexibility index (Phi) is 5.04. The molecule has 0 saturated heterocycles. The monoisotopic (exact) mass is 429 g/mol. The van der Waals surface area contributed by atoms with Crippen LogP contribution >= 0.6 is 15.9 Å². The summed E-state index contributed by atoms with van der Waals surface area (Å²) in [6, 6.07) is 9.68. The molecule has 0 fully saturated rings. The van der Waals surface area contributed by atoms with E-state index in [0.717, 1.165) is 33.5 Å². The molecule has 0 atom stereocenters. The highest BCUT2D eigenvalue weighted by Gasteiger charge is 2.35. The molecule has 0 spiro atoms. The first-order chi connectivity index (χ1) is 13.1. The van der Waals surface area contributed by atoms with Crippen molar-refractivity contribution in [3.63, 3.8) is 0 Å². The minimum Gasteiger partial charge on any atom is -0.478 e. The Morgan fingerprint density at radius 3 is 2.93 bits per heavy atom. The van der Waals surface area contributed by atoms with E-state index in [2.05, 4.69) is 20.8 Å². The number of fused-ring (bicyclic) bond motifs is 3. The third-order valence-corrected chi connectivity index (χ3v) is 5.51. The average Bonchev–Trinajstić information content (AvgIpc) is 2.99. The molecule has 27 heavy (non-hydrogen) atoms. The largest absolute Gasteiger partial charge is 0.478 e. The van der Waals surface area contributed by atoms with Gasteiger partial charge in [-0.3, -0.25) is 9.69 Å². The van der Waals surface area contributed by atoms with Crippen LogP contribution in [-0.2, 0) is 11.3 Å². The van der Waals surface area contributed by atoms with Crippen LogP contribution in [0.15, 0.2) is 40.6 Å². The van der Waals surface area contributed by atoms with Crippen molar-refractivity contribution in [1.29, 1.82) is 0 Å². The van der Waals surface area contributed by atoms with Crippen LogP contribution in [0.2, 0.25) is 0 Å². The number of carbonyl (C=O) groups excluding carboxylic acids is 1. The van der Waals surface area contributed by atoms with Crippen molar-refractivity contribution in [2.75, 3.05) is 27.0 Å². The summed E-state index contributed by atoms with van der Waals surface area (Å²) in [7, 11) is 1.68. The van der Waals surface area contributed by atoms with Gasteiger partial charge in [-0.1, -0.05) is 34.1 Å². The number of benzene rings is 2. The number of halogens is 1. The van der Waals surface area contributed by atoms with E-state index in [4.69, 9.17) is 14.2 Å². The van der Waals surface area contributed by atoms with Crippen LogP contribution in [0.3, 0.4) is 0 Å². The van der Waals surface area contributed by atoms with Gasteiger partial charge >= 0.3 is 0 Å². The maximum atomic E-state index is 13.0. The van der Waals surface area contributed by atoms with Gasteiger partial charge in [0.05, 0.1) is 17.7 Å². The molecule has 0 aliphatic carbocycles. The number of nitrogens with zero attached hydrogens (tertiary/aromatic N) is 1. The summed E-state index contributed by atoms with van der Waals surface area (Å²) in [5.74, 6) is 1.66. The minimum absolute atomic E-state index is 0.0879. The Labute approximate surface area is 166 Å². The summed E-state index contributed by atoms with van der Waals surface area (Å²) in [6.07, 6.45) is 1.78. The van der Waals surface area contributed by atoms with E-state index in [1.165, 1.54) is 0 Å². The molecule has 0 unspecified atom stereocenters. The van der Waals surface area contributed by atoms with Crippen LogP contribution < -0.4 is 9.47 Å². The van der Waals surface area contributed by atoms with Gasteiger partial charge in [-0.2, -0.15) is 0 Å². The van der Waals surface area contributed by atoms with Crippen molar-refractivity contribution in [3.05, 3.63) is 62.8 Å². The molecular formula is C21H20BrNO4. The third kappa shape index (κ3) is 3.40. The second-order valence-electron chi connectivity index (χ2n) is 6.65. The Morgan fingerprint density at radius 1 is 1.33 bits per heavy atom. The first kappa shape index (κ1) is 18.2. The Hall–Kier alpha value is -2.15. The summed E-state index contributed by atoms with van der Waals surface area (Å²) >= 11 is 3.52. The molecule has 0 aromatic heterocycles. The lowest BCUT2D eigenvalue weighted by atomic mass is 9.98. The smallest absolute Gasteiger partial charge is 0.232 e. The SMILES string of the molecule is COCCN1COc2cc(C)c3c(c2C1)O/C(=C\c1ccccc1Br)C3=O. The van der Waals surface area contributed by atoms with Gasteiger partial charge < -0.3 is 14.2 Å². The zero-order chi connectivity index (χ0) is 19.0. The Morgan fingerprint density at radius 2 is 2.15 bits per heavy atom. The highest BCUT2D eigenvalue weighted by atomic mass is 79.9. The molecular weight excluding hydrogens is 410 g/mol. The van der Waals surface area contributed by atoms with E-state index in [-0.39, 0.29) is 5.78 Å². The average molecular weight is 430 g/mol. The number of rotatable bonds is 4. The predicted octanol–water partition coefficient (Wildman–Crippen LogP) is 4.17. The number of hydrogen-bond acceptors (Lipinski definition) is 5. The minimum atomic E-state index is -0.0879. The molecule has 0 saturated carbocycles. The number of methoxy groups -OCH3 is 1.